The Labute approximate surface area is 137 Å². The molecule has 2 N–H and O–H groups in total. The van der Waals surface area contributed by atoms with Crippen molar-refractivity contribution in [2.24, 2.45) is 0 Å². The van der Waals surface area contributed by atoms with Gasteiger partial charge < -0.3 is 4.90 Å². The first kappa shape index (κ1) is 18.6. The van der Waals surface area contributed by atoms with Gasteiger partial charge in [0.2, 0.25) is 10.0 Å². The Morgan fingerprint density at radius 1 is 1.24 bits per heavy atom. The fourth-order valence-corrected chi connectivity index (χ4v) is 4.59. The van der Waals surface area contributed by atoms with Crippen LogP contribution in [0, 0.1) is 0 Å². The van der Waals surface area contributed by atoms with Gasteiger partial charge >= 0.3 is 0 Å². The van der Waals surface area contributed by atoms with Crippen LogP contribution in [-0.4, -0.2) is 34.1 Å². The fourth-order valence-electron chi connectivity index (χ4n) is 2.31. The smallest absolute Gasteiger partial charge is 0.241 e. The maximum atomic E-state index is 12.3. The van der Waals surface area contributed by atoms with Gasteiger partial charge in [0.1, 0.15) is 0 Å². The zero-order valence-corrected chi connectivity index (χ0v) is 15.4. The molecule has 0 aromatic heterocycles. The lowest BCUT2D eigenvalue weighted by Crippen LogP contribution is -3.11. The minimum absolute atomic E-state index is 0.0583. The van der Waals surface area contributed by atoms with Crippen molar-refractivity contribution in [3.63, 3.8) is 0 Å². The quantitative estimate of drug-likeness (QED) is 0.689. The van der Waals surface area contributed by atoms with E-state index in [2.05, 4.69) is 34.5 Å². The number of hydrogen-bond acceptors (Lipinski definition) is 2. The summed E-state index contributed by atoms with van der Waals surface area (Å²) in [5, 5.41) is 0. The van der Waals surface area contributed by atoms with E-state index in [-0.39, 0.29) is 6.04 Å². The SMILES string of the molecule is CC[NH+](CC)CCC[C@H](C)NS(=O)(=O)c1ccccc1Br. The Morgan fingerprint density at radius 2 is 1.86 bits per heavy atom. The lowest BCUT2D eigenvalue weighted by Gasteiger charge is -2.18. The van der Waals surface area contributed by atoms with E-state index in [0.717, 1.165) is 32.5 Å². The maximum Gasteiger partial charge on any atom is 0.241 e. The van der Waals surface area contributed by atoms with Gasteiger partial charge in [-0.05, 0) is 61.7 Å². The molecule has 0 bridgehead atoms. The van der Waals surface area contributed by atoms with Crippen molar-refractivity contribution in [3.05, 3.63) is 28.7 Å². The molecule has 0 fully saturated rings. The summed E-state index contributed by atoms with van der Waals surface area (Å²) in [5.74, 6) is 0. The maximum absolute atomic E-state index is 12.3. The summed E-state index contributed by atoms with van der Waals surface area (Å²) in [6.07, 6.45) is 1.88. The summed E-state index contributed by atoms with van der Waals surface area (Å²) in [7, 11) is -3.46. The highest BCUT2D eigenvalue weighted by molar-refractivity contribution is 9.10. The third-order valence-corrected chi connectivity index (χ3v) is 6.25. The summed E-state index contributed by atoms with van der Waals surface area (Å²) in [5.41, 5.74) is 0. The Balaban J connectivity index is 2.54. The van der Waals surface area contributed by atoms with Crippen LogP contribution in [-0.2, 0) is 10.0 Å². The molecule has 6 heteroatoms. The lowest BCUT2D eigenvalue weighted by atomic mass is 10.2. The van der Waals surface area contributed by atoms with E-state index in [1.165, 1.54) is 0 Å². The summed E-state index contributed by atoms with van der Waals surface area (Å²) in [6, 6.07) is 6.83. The fraction of sp³-hybridized carbons (Fsp3) is 0.600. The Bertz CT molecular complexity index is 530. The van der Waals surface area contributed by atoms with Crippen molar-refractivity contribution in [2.45, 2.75) is 44.6 Å². The third kappa shape index (κ3) is 6.06. The van der Waals surface area contributed by atoms with E-state index in [1.54, 1.807) is 29.2 Å². The Hall–Kier alpha value is -0.430. The van der Waals surface area contributed by atoms with Gasteiger partial charge in [-0.1, -0.05) is 12.1 Å². The van der Waals surface area contributed by atoms with Gasteiger partial charge in [-0.15, -0.1) is 0 Å². The highest BCUT2D eigenvalue weighted by Gasteiger charge is 2.19. The van der Waals surface area contributed by atoms with E-state index >= 15 is 0 Å². The molecule has 0 amide bonds. The van der Waals surface area contributed by atoms with Crippen LogP contribution in [0.4, 0.5) is 0 Å². The van der Waals surface area contributed by atoms with Crippen LogP contribution in [0.2, 0.25) is 0 Å². The monoisotopic (exact) mass is 377 g/mol. The minimum Gasteiger partial charge on any atom is -0.335 e. The molecule has 1 aromatic carbocycles. The Morgan fingerprint density at radius 3 is 2.43 bits per heavy atom. The van der Waals surface area contributed by atoms with E-state index in [4.69, 9.17) is 0 Å². The van der Waals surface area contributed by atoms with Gasteiger partial charge in [0.25, 0.3) is 0 Å². The molecule has 0 aliphatic carbocycles. The molecule has 1 atom stereocenters. The van der Waals surface area contributed by atoms with Crippen molar-refractivity contribution >= 4 is 26.0 Å². The molecule has 0 aliphatic rings. The minimum atomic E-state index is -3.46. The summed E-state index contributed by atoms with van der Waals surface area (Å²) < 4.78 is 28.0. The van der Waals surface area contributed by atoms with Gasteiger partial charge in [-0.25, -0.2) is 13.1 Å². The van der Waals surface area contributed by atoms with Crippen molar-refractivity contribution in [3.8, 4) is 0 Å². The van der Waals surface area contributed by atoms with Crippen LogP contribution in [0.25, 0.3) is 0 Å². The number of benzene rings is 1. The summed E-state index contributed by atoms with van der Waals surface area (Å²) in [4.78, 5) is 1.85. The standard InChI is InChI=1S/C15H25BrN2O2S/c1-4-18(5-2)12-8-9-13(3)17-21(19,20)15-11-7-6-10-14(15)16/h6-7,10-11,13,17H,4-5,8-9,12H2,1-3H3/p+1/t13-/m0/s1. The largest absolute Gasteiger partial charge is 0.335 e. The highest BCUT2D eigenvalue weighted by atomic mass is 79.9. The number of halogens is 1. The molecule has 0 saturated heterocycles. The predicted octanol–water partition coefficient (Wildman–Crippen LogP) is 1.82. The number of hydrogen-bond donors (Lipinski definition) is 2. The van der Waals surface area contributed by atoms with Crippen molar-refractivity contribution in [1.29, 1.82) is 0 Å². The molecule has 1 rings (SSSR count). The highest BCUT2D eigenvalue weighted by Crippen LogP contribution is 2.21. The van der Waals surface area contributed by atoms with Gasteiger partial charge in [0.05, 0.1) is 24.5 Å². The number of rotatable bonds is 9. The zero-order chi connectivity index (χ0) is 15.9. The molecule has 0 saturated carbocycles. The van der Waals surface area contributed by atoms with Crippen LogP contribution in [0.1, 0.15) is 33.6 Å². The number of sulfonamides is 1. The van der Waals surface area contributed by atoms with Crippen LogP contribution < -0.4 is 9.62 Å². The molecule has 1 aromatic rings. The molecular weight excluding hydrogens is 352 g/mol. The molecular formula is C15H26BrN2O2S+. The van der Waals surface area contributed by atoms with Crippen molar-refractivity contribution < 1.29 is 13.3 Å². The summed E-state index contributed by atoms with van der Waals surface area (Å²) in [6.45, 7) is 9.61. The third-order valence-electron chi connectivity index (χ3n) is 3.65. The first-order valence-electron chi connectivity index (χ1n) is 7.51. The van der Waals surface area contributed by atoms with E-state index in [1.807, 2.05) is 6.92 Å². The molecule has 0 aliphatic heterocycles. The predicted molar refractivity (Wildman–Crippen MR) is 90.1 cm³/mol. The molecule has 21 heavy (non-hydrogen) atoms. The van der Waals surface area contributed by atoms with Crippen LogP contribution in [0.3, 0.4) is 0 Å². The molecule has 0 radical (unpaired) electrons. The molecule has 0 heterocycles. The first-order valence-corrected chi connectivity index (χ1v) is 9.78. The van der Waals surface area contributed by atoms with E-state index in [9.17, 15) is 8.42 Å². The van der Waals surface area contributed by atoms with Gasteiger partial charge in [-0.2, -0.15) is 0 Å². The second-order valence-electron chi connectivity index (χ2n) is 5.30. The summed E-state index contributed by atoms with van der Waals surface area (Å²) >= 11 is 3.29. The Kier molecular flexibility index (Phi) is 7.87. The first-order chi connectivity index (χ1) is 9.90. The molecule has 4 nitrogen and oxygen atoms in total. The number of nitrogens with one attached hydrogen (secondary N) is 2. The van der Waals surface area contributed by atoms with Crippen LogP contribution in [0.5, 0.6) is 0 Å². The average Bonchev–Trinajstić information content (AvgIpc) is 2.43. The number of quaternary nitrogens is 1. The molecule has 0 spiro atoms. The average molecular weight is 378 g/mol. The lowest BCUT2D eigenvalue weighted by molar-refractivity contribution is -0.896. The van der Waals surface area contributed by atoms with Gasteiger partial charge in [0.15, 0.2) is 0 Å². The topological polar surface area (TPSA) is 50.6 Å². The van der Waals surface area contributed by atoms with Crippen molar-refractivity contribution in [1.82, 2.24) is 4.72 Å². The van der Waals surface area contributed by atoms with Gasteiger partial charge in [-0.3, -0.25) is 0 Å². The van der Waals surface area contributed by atoms with E-state index < -0.39 is 10.0 Å². The second kappa shape index (κ2) is 8.88. The second-order valence-corrected chi connectivity index (χ2v) is 7.84. The normalized spacial score (nSPS) is 13.6. The zero-order valence-electron chi connectivity index (χ0n) is 13.0. The molecule has 0 unspecified atom stereocenters. The van der Waals surface area contributed by atoms with Gasteiger partial charge in [0, 0.05) is 10.5 Å². The molecule has 120 valence electrons. The van der Waals surface area contributed by atoms with E-state index in [0.29, 0.717) is 9.37 Å². The van der Waals surface area contributed by atoms with Crippen LogP contribution in [0.15, 0.2) is 33.6 Å². The van der Waals surface area contributed by atoms with Crippen LogP contribution >= 0.6 is 15.9 Å². The van der Waals surface area contributed by atoms with Crippen molar-refractivity contribution in [2.75, 3.05) is 19.6 Å².